The van der Waals surface area contributed by atoms with Crippen LogP contribution in [0.2, 0.25) is 0 Å². The van der Waals surface area contributed by atoms with Crippen LogP contribution in [0, 0.1) is 6.92 Å². The van der Waals surface area contributed by atoms with Crippen LogP contribution in [-0.2, 0) is 11.3 Å². The Morgan fingerprint density at radius 2 is 2.16 bits per heavy atom. The number of hydrogen-bond donors (Lipinski definition) is 1. The third kappa shape index (κ3) is 3.10. The predicted molar refractivity (Wildman–Crippen MR) is 68.8 cm³/mol. The van der Waals surface area contributed by atoms with Gasteiger partial charge in [0.1, 0.15) is 0 Å². The molecule has 0 saturated carbocycles. The molecule has 19 heavy (non-hydrogen) atoms. The molecule has 0 saturated heterocycles. The Kier molecular flexibility index (Phi) is 4.48. The van der Waals surface area contributed by atoms with Gasteiger partial charge in [-0.2, -0.15) is 0 Å². The van der Waals surface area contributed by atoms with Crippen molar-refractivity contribution in [2.75, 3.05) is 19.8 Å². The van der Waals surface area contributed by atoms with E-state index < -0.39 is 5.76 Å². The van der Waals surface area contributed by atoms with Crippen molar-refractivity contribution in [3.8, 4) is 11.4 Å². The van der Waals surface area contributed by atoms with Gasteiger partial charge >= 0.3 is 5.76 Å². The Morgan fingerprint density at radius 3 is 2.89 bits per heavy atom. The summed E-state index contributed by atoms with van der Waals surface area (Å²) in [5, 5.41) is 12.4. The van der Waals surface area contributed by atoms with E-state index in [1.54, 1.807) is 0 Å². The Hall–Kier alpha value is -1.92. The van der Waals surface area contributed by atoms with Crippen LogP contribution in [-0.4, -0.2) is 34.7 Å². The molecule has 2 rings (SSSR count). The first-order valence-corrected chi connectivity index (χ1v) is 6.05. The van der Waals surface area contributed by atoms with Crippen molar-refractivity contribution in [1.82, 2.24) is 9.72 Å². The summed E-state index contributed by atoms with van der Waals surface area (Å²) in [6.07, 6.45) is 0. The highest BCUT2D eigenvalue weighted by Crippen LogP contribution is 2.19. The lowest BCUT2D eigenvalue weighted by Crippen LogP contribution is -2.19. The smallest absolute Gasteiger partial charge is 0.394 e. The second-order valence-electron chi connectivity index (χ2n) is 4.07. The number of ether oxygens (including phenoxy) is 1. The van der Waals surface area contributed by atoms with Crippen LogP contribution < -0.4 is 5.76 Å². The minimum Gasteiger partial charge on any atom is -0.394 e. The monoisotopic (exact) mass is 264 g/mol. The molecule has 1 N–H and O–H groups in total. The molecule has 0 spiro atoms. The van der Waals surface area contributed by atoms with E-state index in [1.165, 1.54) is 4.57 Å². The lowest BCUT2D eigenvalue weighted by molar-refractivity contribution is 0.0862. The minimum atomic E-state index is -0.508. The molecule has 6 nitrogen and oxygen atoms in total. The number of benzene rings is 1. The molecule has 0 aliphatic carbocycles. The van der Waals surface area contributed by atoms with Crippen LogP contribution in [0.4, 0.5) is 0 Å². The number of nitrogens with zero attached hydrogens (tertiary/aromatic N) is 2. The number of hydrogen-bond acceptors (Lipinski definition) is 5. The van der Waals surface area contributed by atoms with Crippen LogP contribution in [0.1, 0.15) is 5.56 Å². The van der Waals surface area contributed by atoms with Crippen LogP contribution in [0.15, 0.2) is 33.6 Å². The highest BCUT2D eigenvalue weighted by Gasteiger charge is 2.13. The van der Waals surface area contributed by atoms with Gasteiger partial charge in [-0.05, 0) is 12.5 Å². The summed E-state index contributed by atoms with van der Waals surface area (Å²) in [7, 11) is 0. The molecule has 1 aromatic carbocycles. The molecule has 0 bridgehead atoms. The fourth-order valence-electron chi connectivity index (χ4n) is 1.81. The van der Waals surface area contributed by atoms with Crippen molar-refractivity contribution in [1.29, 1.82) is 0 Å². The summed E-state index contributed by atoms with van der Waals surface area (Å²) < 4.78 is 11.3. The first kappa shape index (κ1) is 13.5. The molecule has 0 aliphatic rings. The molecule has 2 aromatic rings. The molecule has 0 aliphatic heterocycles. The standard InChI is InChI=1S/C13H16N2O4/c1-10-4-2-3-5-11(10)12-14-19-13(17)15(12)6-8-18-9-7-16/h2-5,16H,6-9H2,1H3. The van der Waals surface area contributed by atoms with Gasteiger partial charge in [0.15, 0.2) is 5.82 Å². The molecular weight excluding hydrogens is 248 g/mol. The van der Waals surface area contributed by atoms with Crippen LogP contribution in [0.25, 0.3) is 11.4 Å². The van der Waals surface area contributed by atoms with E-state index in [4.69, 9.17) is 14.4 Å². The molecule has 1 heterocycles. The summed E-state index contributed by atoms with van der Waals surface area (Å²) in [4.78, 5) is 11.6. The highest BCUT2D eigenvalue weighted by atomic mass is 16.5. The van der Waals surface area contributed by atoms with Crippen LogP contribution in [0.3, 0.4) is 0 Å². The second-order valence-corrected chi connectivity index (χ2v) is 4.07. The van der Waals surface area contributed by atoms with Crippen LogP contribution in [0.5, 0.6) is 0 Å². The van der Waals surface area contributed by atoms with E-state index >= 15 is 0 Å². The zero-order chi connectivity index (χ0) is 13.7. The number of aromatic nitrogens is 2. The van der Waals surface area contributed by atoms with Crippen molar-refractivity contribution in [3.05, 3.63) is 40.4 Å². The zero-order valence-electron chi connectivity index (χ0n) is 10.7. The van der Waals surface area contributed by atoms with Gasteiger partial charge in [-0.3, -0.25) is 9.09 Å². The molecule has 0 unspecified atom stereocenters. The molecule has 0 fully saturated rings. The van der Waals surface area contributed by atoms with Gasteiger partial charge < -0.3 is 9.84 Å². The lowest BCUT2D eigenvalue weighted by atomic mass is 10.1. The number of rotatable bonds is 6. The topological polar surface area (TPSA) is 77.5 Å². The zero-order valence-corrected chi connectivity index (χ0v) is 10.7. The van der Waals surface area contributed by atoms with E-state index in [-0.39, 0.29) is 13.2 Å². The lowest BCUT2D eigenvalue weighted by Gasteiger charge is -2.07. The third-order valence-electron chi connectivity index (χ3n) is 2.77. The van der Waals surface area contributed by atoms with E-state index in [9.17, 15) is 4.79 Å². The van der Waals surface area contributed by atoms with E-state index in [2.05, 4.69) is 5.16 Å². The van der Waals surface area contributed by atoms with Gasteiger partial charge in [-0.15, -0.1) is 0 Å². The second kappa shape index (κ2) is 6.31. The maximum atomic E-state index is 11.6. The van der Waals surface area contributed by atoms with Crippen molar-refractivity contribution in [3.63, 3.8) is 0 Å². The molecule has 0 atom stereocenters. The fraction of sp³-hybridized carbons (Fsp3) is 0.385. The Balaban J connectivity index is 2.23. The SMILES string of the molecule is Cc1ccccc1-c1noc(=O)n1CCOCCO. The average molecular weight is 264 g/mol. The maximum absolute atomic E-state index is 11.6. The van der Waals surface area contributed by atoms with E-state index in [0.717, 1.165) is 11.1 Å². The number of aliphatic hydroxyl groups is 1. The van der Waals surface area contributed by atoms with Crippen LogP contribution >= 0.6 is 0 Å². The molecule has 6 heteroatoms. The largest absolute Gasteiger partial charge is 0.441 e. The molecule has 102 valence electrons. The van der Waals surface area contributed by atoms with Gasteiger partial charge in [0.05, 0.1) is 26.4 Å². The number of aliphatic hydroxyl groups excluding tert-OH is 1. The summed E-state index contributed by atoms with van der Waals surface area (Å²) >= 11 is 0. The molecule has 0 radical (unpaired) electrons. The average Bonchev–Trinajstić information content (AvgIpc) is 2.77. The highest BCUT2D eigenvalue weighted by molar-refractivity contribution is 5.59. The maximum Gasteiger partial charge on any atom is 0.441 e. The van der Waals surface area contributed by atoms with Crippen molar-refractivity contribution in [2.24, 2.45) is 0 Å². The first-order valence-electron chi connectivity index (χ1n) is 6.05. The summed E-state index contributed by atoms with van der Waals surface area (Å²) in [6, 6.07) is 7.64. The third-order valence-corrected chi connectivity index (χ3v) is 2.77. The predicted octanol–water partition coefficient (Wildman–Crippen LogP) is 0.821. The minimum absolute atomic E-state index is 0.0385. The van der Waals surface area contributed by atoms with Crippen molar-refractivity contribution < 1.29 is 14.4 Å². The number of aryl methyl sites for hydroxylation is 1. The Bertz CT molecular complexity index is 588. The van der Waals surface area contributed by atoms with Crippen molar-refractivity contribution in [2.45, 2.75) is 13.5 Å². The fourth-order valence-corrected chi connectivity index (χ4v) is 1.81. The Morgan fingerprint density at radius 1 is 1.37 bits per heavy atom. The van der Waals surface area contributed by atoms with Gasteiger partial charge in [0.2, 0.25) is 0 Å². The molecule has 0 amide bonds. The van der Waals surface area contributed by atoms with Gasteiger partial charge in [-0.1, -0.05) is 29.4 Å². The molecule has 1 aromatic heterocycles. The normalized spacial score (nSPS) is 10.8. The van der Waals surface area contributed by atoms with Gasteiger partial charge in [-0.25, -0.2) is 4.79 Å². The van der Waals surface area contributed by atoms with E-state index in [0.29, 0.717) is 19.0 Å². The summed E-state index contributed by atoms with van der Waals surface area (Å²) in [5.41, 5.74) is 1.87. The summed E-state index contributed by atoms with van der Waals surface area (Å²) in [5.74, 6) is -0.0125. The Labute approximate surface area is 110 Å². The molecular formula is C13H16N2O4. The van der Waals surface area contributed by atoms with Crippen molar-refractivity contribution >= 4 is 0 Å². The van der Waals surface area contributed by atoms with Gasteiger partial charge in [0, 0.05) is 5.56 Å². The van der Waals surface area contributed by atoms with E-state index in [1.807, 2.05) is 31.2 Å². The summed E-state index contributed by atoms with van der Waals surface area (Å²) in [6.45, 7) is 2.82. The first-order chi connectivity index (χ1) is 9.24. The quantitative estimate of drug-likeness (QED) is 0.782. The van der Waals surface area contributed by atoms with Gasteiger partial charge in [0.25, 0.3) is 0 Å².